The molecule has 1 saturated heterocycles. The van der Waals surface area contributed by atoms with Crippen LogP contribution in [0.2, 0.25) is 0 Å². The zero-order valence-corrected chi connectivity index (χ0v) is 18.7. The number of carbonyl (C=O) groups excluding carboxylic acids is 1. The zero-order chi connectivity index (χ0) is 22.8. The second-order valence-corrected chi connectivity index (χ2v) is 8.22. The van der Waals surface area contributed by atoms with Gasteiger partial charge in [0.1, 0.15) is 11.6 Å². The molecule has 0 aromatic heterocycles. The lowest BCUT2D eigenvalue weighted by atomic mass is 9.93. The van der Waals surface area contributed by atoms with E-state index in [1.807, 2.05) is 25.1 Å². The number of nitrogens with one attached hydrogen (secondary N) is 1. The second-order valence-electron chi connectivity index (χ2n) is 8.22. The van der Waals surface area contributed by atoms with Gasteiger partial charge in [-0.15, -0.1) is 0 Å². The van der Waals surface area contributed by atoms with Gasteiger partial charge < -0.3 is 24.6 Å². The highest BCUT2D eigenvalue weighted by Gasteiger charge is 2.28. The van der Waals surface area contributed by atoms with Crippen molar-refractivity contribution in [3.05, 3.63) is 77.4 Å². The first-order valence-electron chi connectivity index (χ1n) is 10.7. The maximum absolute atomic E-state index is 13.3. The summed E-state index contributed by atoms with van der Waals surface area (Å²) >= 11 is 0. The molecule has 1 N–H and O–H groups in total. The van der Waals surface area contributed by atoms with Gasteiger partial charge in [0, 0.05) is 55.6 Å². The molecule has 0 bridgehead atoms. The van der Waals surface area contributed by atoms with Gasteiger partial charge in [0.05, 0.1) is 19.3 Å². The van der Waals surface area contributed by atoms with E-state index in [1.165, 1.54) is 12.1 Å². The topological polar surface area (TPSA) is 54.0 Å². The highest BCUT2D eigenvalue weighted by molar-refractivity contribution is 5.96. The molecule has 2 aromatic rings. The Morgan fingerprint density at radius 2 is 1.88 bits per heavy atom. The summed E-state index contributed by atoms with van der Waals surface area (Å²) in [5.74, 6) is 1.02. The fraction of sp³-hybridized carbons (Fsp3) is 0.320. The van der Waals surface area contributed by atoms with Gasteiger partial charge in [0.2, 0.25) is 0 Å². The Kier molecular flexibility index (Phi) is 6.19. The normalized spacial score (nSPS) is 16.6. The third kappa shape index (κ3) is 4.48. The maximum Gasteiger partial charge on any atom is 0.253 e. The summed E-state index contributed by atoms with van der Waals surface area (Å²) in [6.45, 7) is 9.00. The van der Waals surface area contributed by atoms with Crippen LogP contribution >= 0.6 is 0 Å². The number of fused-ring (bicyclic) bond motifs is 1. The van der Waals surface area contributed by atoms with E-state index in [0.717, 1.165) is 41.4 Å². The minimum Gasteiger partial charge on any atom is -0.440 e. The van der Waals surface area contributed by atoms with Crippen LogP contribution in [0.1, 0.15) is 34.5 Å². The molecule has 1 amide bonds. The van der Waals surface area contributed by atoms with Crippen LogP contribution in [0.5, 0.6) is 5.75 Å². The number of carbonyl (C=O) groups is 1. The summed E-state index contributed by atoms with van der Waals surface area (Å²) in [5.41, 5.74) is 3.74. The van der Waals surface area contributed by atoms with Crippen molar-refractivity contribution >= 4 is 17.2 Å². The summed E-state index contributed by atoms with van der Waals surface area (Å²) in [6, 6.07) is 9.68. The molecule has 4 rings (SSSR count). The van der Waals surface area contributed by atoms with Crippen molar-refractivity contribution in [3.8, 4) is 5.75 Å². The van der Waals surface area contributed by atoms with Gasteiger partial charge in [-0.25, -0.2) is 4.39 Å². The van der Waals surface area contributed by atoms with Crippen molar-refractivity contribution in [1.29, 1.82) is 0 Å². The van der Waals surface area contributed by atoms with Crippen LogP contribution in [0, 0.1) is 5.82 Å². The number of hydrogen-bond acceptors (Lipinski definition) is 5. The smallest absolute Gasteiger partial charge is 0.253 e. The highest BCUT2D eigenvalue weighted by Crippen LogP contribution is 2.41. The third-order valence-corrected chi connectivity index (χ3v) is 5.64. The number of anilines is 1. The number of rotatable bonds is 5. The van der Waals surface area contributed by atoms with E-state index in [2.05, 4.69) is 16.8 Å². The van der Waals surface area contributed by atoms with Crippen LogP contribution in [-0.4, -0.2) is 56.1 Å². The molecule has 32 heavy (non-hydrogen) atoms. The predicted octanol–water partition coefficient (Wildman–Crippen LogP) is 4.28. The van der Waals surface area contributed by atoms with Crippen molar-refractivity contribution in [2.45, 2.75) is 13.0 Å². The summed E-state index contributed by atoms with van der Waals surface area (Å²) in [6.07, 6.45) is 1.92. The van der Waals surface area contributed by atoms with Crippen LogP contribution in [0.4, 0.5) is 10.1 Å². The van der Waals surface area contributed by atoms with Crippen molar-refractivity contribution in [2.24, 2.45) is 0 Å². The van der Waals surface area contributed by atoms with Crippen molar-refractivity contribution < 1.29 is 18.7 Å². The Labute approximate surface area is 187 Å². The number of benzene rings is 2. The molecule has 1 fully saturated rings. The molecule has 2 aliphatic rings. The molecule has 7 heteroatoms. The third-order valence-electron chi connectivity index (χ3n) is 5.64. The largest absolute Gasteiger partial charge is 0.440 e. The van der Waals surface area contributed by atoms with E-state index in [-0.39, 0.29) is 17.8 Å². The second kappa shape index (κ2) is 9.04. The number of halogens is 1. The Morgan fingerprint density at radius 1 is 1.19 bits per heavy atom. The molecule has 0 saturated carbocycles. The van der Waals surface area contributed by atoms with Gasteiger partial charge in [-0.3, -0.25) is 4.79 Å². The number of nitrogens with zero attached hydrogens (tertiary/aromatic N) is 2. The first-order valence-corrected chi connectivity index (χ1v) is 10.7. The summed E-state index contributed by atoms with van der Waals surface area (Å²) in [7, 11) is 3.45. The Balaban J connectivity index is 1.73. The van der Waals surface area contributed by atoms with Crippen LogP contribution in [-0.2, 0) is 4.74 Å². The quantitative estimate of drug-likeness (QED) is 0.757. The van der Waals surface area contributed by atoms with Gasteiger partial charge in [-0.2, -0.15) is 0 Å². The minimum atomic E-state index is -0.293. The van der Waals surface area contributed by atoms with E-state index in [0.29, 0.717) is 24.5 Å². The molecule has 1 unspecified atom stereocenters. The number of amides is 1. The van der Waals surface area contributed by atoms with Crippen molar-refractivity contribution in [3.63, 3.8) is 0 Å². The first-order chi connectivity index (χ1) is 15.3. The zero-order valence-electron chi connectivity index (χ0n) is 18.7. The first kappa shape index (κ1) is 21.9. The molecule has 0 spiro atoms. The minimum absolute atomic E-state index is 0.0983. The van der Waals surface area contributed by atoms with Gasteiger partial charge in [-0.1, -0.05) is 6.58 Å². The lowest BCUT2D eigenvalue weighted by Gasteiger charge is -2.34. The molecule has 2 heterocycles. The predicted molar refractivity (Wildman–Crippen MR) is 123 cm³/mol. The number of ether oxygens (including phenoxy) is 2. The van der Waals surface area contributed by atoms with Crippen LogP contribution < -0.4 is 10.1 Å². The summed E-state index contributed by atoms with van der Waals surface area (Å²) < 4.78 is 25.2. The fourth-order valence-corrected chi connectivity index (χ4v) is 3.88. The Morgan fingerprint density at radius 3 is 2.53 bits per heavy atom. The fourth-order valence-electron chi connectivity index (χ4n) is 3.88. The van der Waals surface area contributed by atoms with Crippen molar-refractivity contribution in [1.82, 2.24) is 9.80 Å². The molecule has 0 radical (unpaired) electrons. The molecule has 168 valence electrons. The van der Waals surface area contributed by atoms with Crippen molar-refractivity contribution in [2.75, 3.05) is 45.7 Å². The van der Waals surface area contributed by atoms with E-state index < -0.39 is 0 Å². The molecular weight excluding hydrogens is 409 g/mol. The molecule has 2 aliphatic heterocycles. The lowest BCUT2D eigenvalue weighted by molar-refractivity contribution is 0.0345. The Bertz CT molecular complexity index is 1060. The van der Waals surface area contributed by atoms with Crippen LogP contribution in [0.3, 0.4) is 0 Å². The number of hydrogen-bond donors (Lipinski definition) is 1. The average molecular weight is 438 g/mol. The Hall–Kier alpha value is -3.32. The summed E-state index contributed by atoms with van der Waals surface area (Å²) in [5, 5.41) is 3.39. The maximum atomic E-state index is 13.3. The van der Waals surface area contributed by atoms with Crippen LogP contribution in [0.15, 0.2) is 54.9 Å². The van der Waals surface area contributed by atoms with E-state index in [9.17, 15) is 9.18 Å². The number of allylic oxidation sites excluding steroid dienone is 2. The standard InChI is InChI=1S/C25H28FN3O3/c1-16-13-23(29-9-11-31-12-10-29)32-24-21(16)14-18(25(30)28(3)4)15-22(24)17(2)27-20-7-5-19(26)6-8-20/h5-8,13-15,17,27H,1,9-12H2,2-4H3. The highest BCUT2D eigenvalue weighted by atomic mass is 19.1. The molecule has 2 aromatic carbocycles. The molecular formula is C25H28FN3O3. The monoisotopic (exact) mass is 437 g/mol. The van der Waals surface area contributed by atoms with Crippen LogP contribution in [0.25, 0.3) is 5.57 Å². The van der Waals surface area contributed by atoms with E-state index in [1.54, 1.807) is 31.1 Å². The van der Waals surface area contributed by atoms with Gasteiger partial charge in [0.25, 0.3) is 5.91 Å². The average Bonchev–Trinajstić information content (AvgIpc) is 2.80. The summed E-state index contributed by atoms with van der Waals surface area (Å²) in [4.78, 5) is 16.5. The SMILES string of the molecule is C=C1C=C(N2CCOCC2)Oc2c1cc(C(=O)N(C)C)cc2C(C)Nc1ccc(F)cc1. The molecule has 6 nitrogen and oxygen atoms in total. The molecule has 0 aliphatic carbocycles. The molecule has 1 atom stereocenters. The van der Waals surface area contributed by atoms with Gasteiger partial charge in [-0.05, 0) is 48.9 Å². The van der Waals surface area contributed by atoms with Gasteiger partial charge in [0.15, 0.2) is 5.88 Å². The lowest BCUT2D eigenvalue weighted by Crippen LogP contribution is -2.38. The number of morpholine rings is 1. The van der Waals surface area contributed by atoms with E-state index >= 15 is 0 Å². The van der Waals surface area contributed by atoms with E-state index in [4.69, 9.17) is 9.47 Å². The van der Waals surface area contributed by atoms with Gasteiger partial charge >= 0.3 is 0 Å².